The minimum Gasteiger partial charge on any atom is -0.394 e. The summed E-state index contributed by atoms with van der Waals surface area (Å²) < 4.78 is 102. The lowest BCUT2D eigenvalue weighted by molar-refractivity contribution is -0.403. The summed E-state index contributed by atoms with van der Waals surface area (Å²) in [4.78, 5) is 63.5. The number of aliphatic hydroxyl groups excluding tert-OH is 23. The van der Waals surface area contributed by atoms with E-state index in [1.54, 1.807) is 0 Å². The van der Waals surface area contributed by atoms with Crippen LogP contribution in [0.15, 0.2) is 0 Å². The van der Waals surface area contributed by atoms with Crippen molar-refractivity contribution in [3.8, 4) is 0 Å². The zero-order valence-corrected chi connectivity index (χ0v) is 61.9. The number of hydrogen-bond donors (Lipinski definition) is 28. The Bertz CT molecular complexity index is 3080. The summed E-state index contributed by atoms with van der Waals surface area (Å²) >= 11 is 0. The lowest BCUT2D eigenvalue weighted by Crippen LogP contribution is -2.71. The van der Waals surface area contributed by atoms with Gasteiger partial charge in [-0.3, -0.25) is 24.0 Å². The van der Waals surface area contributed by atoms with Crippen molar-refractivity contribution in [1.29, 1.82) is 0 Å². The molecule has 50 nitrogen and oxygen atoms in total. The maximum absolute atomic E-state index is 13.2. The Morgan fingerprint density at radius 2 is 0.553 bits per heavy atom. The molecule has 114 heavy (non-hydrogen) atoms. The van der Waals surface area contributed by atoms with Crippen molar-refractivity contribution in [3.05, 3.63) is 0 Å². The van der Waals surface area contributed by atoms with Gasteiger partial charge in [-0.1, -0.05) is 0 Å². The monoisotopic (exact) mass is 1670 g/mol. The quantitative estimate of drug-likeness (QED) is 0.0331. The van der Waals surface area contributed by atoms with Gasteiger partial charge < -0.3 is 225 Å². The normalized spacial score (nSPS) is 48.2. The first kappa shape index (κ1) is 93.6. The number of amides is 5. The van der Waals surface area contributed by atoms with Crippen molar-refractivity contribution in [3.63, 3.8) is 0 Å². The summed E-state index contributed by atoms with van der Waals surface area (Å²) in [5.41, 5.74) is 0. The number of carbonyl (C=O) groups excluding carboxylic acids is 5. The molecule has 5 amide bonds. The molecule has 9 saturated heterocycles. The molecule has 28 N–H and O–H groups in total. The second-order valence-corrected chi connectivity index (χ2v) is 28.9. The third-order valence-electron chi connectivity index (χ3n) is 20.7. The van der Waals surface area contributed by atoms with E-state index in [1.807, 2.05) is 0 Å². The fraction of sp³-hybridized carbons (Fsp3) is 0.922. The van der Waals surface area contributed by atoms with Crippen molar-refractivity contribution in [2.75, 3.05) is 52.9 Å². The van der Waals surface area contributed by atoms with Crippen LogP contribution in [-0.2, 0) is 104 Å². The highest BCUT2D eigenvalue weighted by Gasteiger charge is 2.61. The van der Waals surface area contributed by atoms with Gasteiger partial charge in [-0.05, 0) is 6.92 Å². The summed E-state index contributed by atoms with van der Waals surface area (Å²) in [6.07, 6.45) is -82.2. The van der Waals surface area contributed by atoms with E-state index in [1.165, 1.54) is 6.92 Å². The summed E-state index contributed by atoms with van der Waals surface area (Å²) in [6, 6.07) is -9.18. The van der Waals surface area contributed by atoms with Gasteiger partial charge in [0.2, 0.25) is 29.5 Å². The van der Waals surface area contributed by atoms with E-state index in [2.05, 4.69) is 26.6 Å². The van der Waals surface area contributed by atoms with E-state index in [0.29, 0.717) is 0 Å². The Hall–Kier alpha value is -4.25. The lowest BCUT2D eigenvalue weighted by Gasteiger charge is -2.52. The maximum Gasteiger partial charge on any atom is 0.217 e. The van der Waals surface area contributed by atoms with E-state index in [-0.39, 0.29) is 0 Å². The van der Waals surface area contributed by atoms with Crippen LogP contribution >= 0.6 is 0 Å². The smallest absolute Gasteiger partial charge is 0.217 e. The average Bonchev–Trinajstić information content (AvgIpc) is 0.785. The molecule has 0 aromatic carbocycles. The van der Waals surface area contributed by atoms with Gasteiger partial charge in [0.15, 0.2) is 56.6 Å². The SMILES string of the molecule is CC(=O)N[C@@H]1[C@@H](O)[C@H](O[C@@H]2O[C@H](CO)[C@@H](O[C@@H]3O[C@H](CO[C@H]4O[C@H](CO)[C@@H](O)[C@H](O)[C@@H]4O[C@@H]4O[C@H](CO)[C@@H](O)[C@H](O)[C@H]4NC(C)=O)[C@@H](O)[C@H](O[C@H]4O[C@H](CO)[C@@H](O[C@@H]5O[C@H](CO)[C@@H](O)[C@H](O)[C@H]5NC(C)=O)[C@H](O)[C@@H]4O[C@@H]4O[C@H](CO)[C@@H](O)[C@H](O)[C@H]4NC(C)=O)[C@@H]3O)[C@H](O)[C@H]2NC(C)=O)[C@@H](CO[C@@H]2O[C@@H](C)[C@@H](O)[C@@H](O)[C@@H]2O)O[C@H]1O. The van der Waals surface area contributed by atoms with Crippen LogP contribution in [0.1, 0.15) is 41.5 Å². The second-order valence-electron chi connectivity index (χ2n) is 28.9. The van der Waals surface area contributed by atoms with Crippen LogP contribution in [0.3, 0.4) is 0 Å². The standard InChI is InChI=1S/C64H107N5O45/c1-15-34(81)45(92)47(94)61(100-15)98-14-28-52(43(90)29(56(97)101-28)65-16(2)76)110-60-33(69-20(6)80)44(91)50(25(11-74)106-60)111-62-49(96)53(39(86)27(108-62)13-99-63-54(46(93)38(85)24(10-73)105-63)113-58-31(67-18(4)78)41(88)36(83)22(8-71)103-58)112-64-55(114-59-32(68-19(5)79)42(89)37(84)23(9-72)104-59)48(95)51(26(12-75)107-64)109-57-30(66-17(3)77)40(87)35(82)21(7-70)102-57/h15,21-64,70-75,81-97H,7-14H2,1-6H3,(H,65,76)(H,66,77)(H,67,78)(H,68,79)(H,69,80)/t15-,21+,22+,23+,24+,25+,26+,27+,28+,29+,30+,31+,32+,33+,34+,35+,36+,37+,38+,39+,40+,41+,42+,43+,44+,45+,46-,47-,48-,49-,50+,51+,52+,53-,54-,55-,56+,57-,58-,59-,60-,61+,62-,63-,64+/m0/s1. The maximum atomic E-state index is 13.2. The molecule has 9 aliphatic rings. The number of ether oxygens (including phenoxy) is 17. The van der Waals surface area contributed by atoms with Crippen molar-refractivity contribution in [1.82, 2.24) is 26.6 Å². The predicted molar refractivity (Wildman–Crippen MR) is 354 cm³/mol. The molecular weight excluding hydrogens is 1560 g/mol. The molecule has 9 fully saturated rings. The minimum absolute atomic E-state index is 0.835. The van der Waals surface area contributed by atoms with Gasteiger partial charge in [-0.15, -0.1) is 0 Å². The number of nitrogens with one attached hydrogen (secondary N) is 5. The summed E-state index contributed by atoms with van der Waals surface area (Å²) in [5.74, 6) is -4.46. The Morgan fingerprint density at radius 3 is 0.982 bits per heavy atom. The fourth-order valence-electron chi connectivity index (χ4n) is 14.7. The number of carbonyl (C=O) groups is 5. The van der Waals surface area contributed by atoms with E-state index < -0.39 is 358 Å². The molecule has 0 aromatic heterocycles. The van der Waals surface area contributed by atoms with E-state index in [4.69, 9.17) is 80.5 Å². The van der Waals surface area contributed by atoms with Crippen molar-refractivity contribution in [2.24, 2.45) is 0 Å². The number of rotatable bonds is 29. The molecule has 45 atom stereocenters. The van der Waals surface area contributed by atoms with E-state index >= 15 is 0 Å². The molecule has 0 spiro atoms. The highest BCUT2D eigenvalue weighted by Crippen LogP contribution is 2.40. The van der Waals surface area contributed by atoms with Gasteiger partial charge in [0.05, 0.1) is 59.0 Å². The molecule has 9 aliphatic heterocycles. The third kappa shape index (κ3) is 21.0. The second kappa shape index (κ2) is 40.9. The van der Waals surface area contributed by atoms with E-state index in [0.717, 1.165) is 34.6 Å². The van der Waals surface area contributed by atoms with Gasteiger partial charge in [0.25, 0.3) is 0 Å². The zero-order chi connectivity index (χ0) is 84.1. The zero-order valence-electron chi connectivity index (χ0n) is 61.9. The molecule has 0 saturated carbocycles. The Kier molecular flexibility index (Phi) is 33.6. The van der Waals surface area contributed by atoms with Gasteiger partial charge in [0.1, 0.15) is 213 Å². The van der Waals surface area contributed by atoms with Crippen molar-refractivity contribution in [2.45, 2.75) is 318 Å². The van der Waals surface area contributed by atoms with E-state index in [9.17, 15) is 141 Å². The molecule has 0 aromatic rings. The van der Waals surface area contributed by atoms with Gasteiger partial charge in [0, 0.05) is 34.6 Å². The number of hydrogen-bond acceptors (Lipinski definition) is 45. The Balaban J connectivity index is 1.10. The highest BCUT2D eigenvalue weighted by atomic mass is 16.8. The first-order chi connectivity index (χ1) is 53.8. The van der Waals surface area contributed by atoms with Gasteiger partial charge in [-0.2, -0.15) is 0 Å². The molecule has 0 unspecified atom stereocenters. The van der Waals surface area contributed by atoms with Crippen LogP contribution in [0.2, 0.25) is 0 Å². The summed E-state index contributed by atoms with van der Waals surface area (Å²) in [5, 5.41) is 270. The molecule has 9 heterocycles. The van der Waals surface area contributed by atoms with Gasteiger partial charge in [-0.25, -0.2) is 0 Å². The molecule has 0 radical (unpaired) electrons. The predicted octanol–water partition coefficient (Wildman–Crippen LogP) is -18.9. The minimum atomic E-state index is -2.62. The Morgan fingerprint density at radius 1 is 0.246 bits per heavy atom. The molecular formula is C64H107N5O45. The molecule has 0 aliphatic carbocycles. The molecule has 658 valence electrons. The van der Waals surface area contributed by atoms with Crippen LogP contribution in [0.25, 0.3) is 0 Å². The fourth-order valence-corrected chi connectivity index (χ4v) is 14.7. The van der Waals surface area contributed by atoms with Crippen LogP contribution in [0.5, 0.6) is 0 Å². The lowest BCUT2D eigenvalue weighted by atomic mass is 9.93. The largest absolute Gasteiger partial charge is 0.394 e. The van der Waals surface area contributed by atoms with Gasteiger partial charge >= 0.3 is 0 Å². The molecule has 0 bridgehead atoms. The van der Waals surface area contributed by atoms with Crippen LogP contribution in [0.4, 0.5) is 0 Å². The third-order valence-corrected chi connectivity index (χ3v) is 20.7. The summed E-state index contributed by atoms with van der Waals surface area (Å²) in [7, 11) is 0. The van der Waals surface area contributed by atoms with Crippen LogP contribution in [-0.4, -0.2) is 476 Å². The topological polar surface area (TPSA) is 768 Å². The number of aliphatic hydroxyl groups is 23. The first-order valence-corrected chi connectivity index (χ1v) is 36.5. The summed E-state index contributed by atoms with van der Waals surface area (Å²) in [6.45, 7) is -2.56. The van der Waals surface area contributed by atoms with Crippen LogP contribution < -0.4 is 26.6 Å². The molecule has 50 heteroatoms. The highest BCUT2D eigenvalue weighted by molar-refractivity contribution is 5.75. The van der Waals surface area contributed by atoms with Crippen molar-refractivity contribution >= 4 is 29.5 Å². The first-order valence-electron chi connectivity index (χ1n) is 36.5. The average molecular weight is 1670 g/mol. The Labute approximate surface area is 646 Å². The van der Waals surface area contributed by atoms with Crippen LogP contribution in [0, 0.1) is 0 Å². The molecule has 9 rings (SSSR count). The van der Waals surface area contributed by atoms with Crippen molar-refractivity contribution < 1.29 is 222 Å².